The average Bonchev–Trinajstić information content (AvgIpc) is 2.73. The number of hydrogen-bond acceptors (Lipinski definition) is 2. The van der Waals surface area contributed by atoms with Gasteiger partial charge in [-0.05, 0) is 59.5 Å². The van der Waals surface area contributed by atoms with Crippen molar-refractivity contribution < 1.29 is 13.9 Å². The molecule has 0 spiro atoms. The number of halogens is 1. The van der Waals surface area contributed by atoms with Gasteiger partial charge < -0.3 is 9.47 Å². The fourth-order valence-electron chi connectivity index (χ4n) is 2.96. The standard InChI is InChI=1S/C24H23FO2/c1-26-23-13-6-19(7-14-23)17-21(20-9-15-24(27-2)16-10-20)8-3-18-4-11-22(25)12-5-18/h3-16,21H,17H2,1-2H3/b8-3+. The van der Waals surface area contributed by atoms with Crippen molar-refractivity contribution in [2.24, 2.45) is 0 Å². The lowest BCUT2D eigenvalue weighted by Gasteiger charge is -2.15. The largest absolute Gasteiger partial charge is 0.497 e. The van der Waals surface area contributed by atoms with Crippen molar-refractivity contribution in [3.8, 4) is 11.5 Å². The monoisotopic (exact) mass is 362 g/mol. The Kier molecular flexibility index (Phi) is 6.26. The van der Waals surface area contributed by atoms with Gasteiger partial charge >= 0.3 is 0 Å². The fraction of sp³-hybridized carbons (Fsp3) is 0.167. The van der Waals surface area contributed by atoms with Crippen LogP contribution >= 0.6 is 0 Å². The molecule has 1 unspecified atom stereocenters. The van der Waals surface area contributed by atoms with Crippen molar-refractivity contribution in [2.75, 3.05) is 14.2 Å². The van der Waals surface area contributed by atoms with Gasteiger partial charge in [-0.15, -0.1) is 0 Å². The molecule has 3 rings (SSSR count). The van der Waals surface area contributed by atoms with Crippen LogP contribution in [0.5, 0.6) is 11.5 Å². The summed E-state index contributed by atoms with van der Waals surface area (Å²) in [7, 11) is 3.33. The fourth-order valence-corrected chi connectivity index (χ4v) is 2.96. The van der Waals surface area contributed by atoms with Gasteiger partial charge in [-0.2, -0.15) is 0 Å². The first-order valence-corrected chi connectivity index (χ1v) is 8.88. The maximum absolute atomic E-state index is 13.1. The van der Waals surface area contributed by atoms with E-state index in [4.69, 9.17) is 9.47 Å². The molecule has 0 amide bonds. The second-order valence-corrected chi connectivity index (χ2v) is 6.34. The molecule has 1 atom stereocenters. The number of rotatable bonds is 7. The molecule has 0 N–H and O–H groups in total. The number of hydrogen-bond donors (Lipinski definition) is 0. The third-order valence-corrected chi connectivity index (χ3v) is 4.55. The number of allylic oxidation sites excluding steroid dienone is 1. The SMILES string of the molecule is COc1ccc(CC(/C=C/c2ccc(F)cc2)c2ccc(OC)cc2)cc1. The molecule has 0 heterocycles. The maximum Gasteiger partial charge on any atom is 0.123 e. The molecular formula is C24H23FO2. The summed E-state index contributed by atoms with van der Waals surface area (Å²) in [5.74, 6) is 1.65. The van der Waals surface area contributed by atoms with E-state index in [0.29, 0.717) is 0 Å². The topological polar surface area (TPSA) is 18.5 Å². The van der Waals surface area contributed by atoms with Crippen molar-refractivity contribution in [3.05, 3.63) is 101 Å². The molecule has 27 heavy (non-hydrogen) atoms. The zero-order valence-electron chi connectivity index (χ0n) is 15.6. The van der Waals surface area contributed by atoms with Crippen LogP contribution in [0.15, 0.2) is 78.9 Å². The first kappa shape index (κ1) is 18.7. The molecule has 3 aromatic carbocycles. The molecule has 0 aliphatic heterocycles. The van der Waals surface area contributed by atoms with Crippen LogP contribution in [0.2, 0.25) is 0 Å². The summed E-state index contributed by atoms with van der Waals surface area (Å²) in [5, 5.41) is 0. The second-order valence-electron chi connectivity index (χ2n) is 6.34. The molecule has 3 heteroatoms. The maximum atomic E-state index is 13.1. The Bertz CT molecular complexity index is 866. The van der Waals surface area contributed by atoms with Crippen molar-refractivity contribution >= 4 is 6.08 Å². The van der Waals surface area contributed by atoms with Gasteiger partial charge in [0.1, 0.15) is 17.3 Å². The number of ether oxygens (including phenoxy) is 2. The summed E-state index contributed by atoms with van der Waals surface area (Å²) in [4.78, 5) is 0. The smallest absolute Gasteiger partial charge is 0.123 e. The molecule has 0 aliphatic rings. The van der Waals surface area contributed by atoms with E-state index in [0.717, 1.165) is 23.5 Å². The Morgan fingerprint density at radius 1 is 0.778 bits per heavy atom. The number of methoxy groups -OCH3 is 2. The summed E-state index contributed by atoms with van der Waals surface area (Å²) in [5.41, 5.74) is 3.40. The van der Waals surface area contributed by atoms with Gasteiger partial charge in [0.15, 0.2) is 0 Å². The van der Waals surface area contributed by atoms with Crippen molar-refractivity contribution in [2.45, 2.75) is 12.3 Å². The Balaban J connectivity index is 1.85. The van der Waals surface area contributed by atoms with Crippen LogP contribution in [0.3, 0.4) is 0 Å². The molecule has 0 bridgehead atoms. The van der Waals surface area contributed by atoms with Crippen LogP contribution in [-0.4, -0.2) is 14.2 Å². The van der Waals surface area contributed by atoms with E-state index in [1.807, 2.05) is 30.3 Å². The highest BCUT2D eigenvalue weighted by atomic mass is 19.1. The van der Waals surface area contributed by atoms with Crippen LogP contribution in [0.4, 0.5) is 4.39 Å². The van der Waals surface area contributed by atoms with E-state index < -0.39 is 0 Å². The molecule has 0 radical (unpaired) electrons. The highest BCUT2D eigenvalue weighted by Gasteiger charge is 2.10. The number of benzene rings is 3. The van der Waals surface area contributed by atoms with Crippen molar-refractivity contribution in [1.82, 2.24) is 0 Å². The molecule has 2 nitrogen and oxygen atoms in total. The summed E-state index contributed by atoms with van der Waals surface area (Å²) in [6, 6.07) is 22.8. The summed E-state index contributed by atoms with van der Waals surface area (Å²) < 4.78 is 23.6. The van der Waals surface area contributed by atoms with Gasteiger partial charge in [0.25, 0.3) is 0 Å². The molecule has 0 aliphatic carbocycles. The normalized spacial score (nSPS) is 12.1. The Morgan fingerprint density at radius 3 is 1.89 bits per heavy atom. The third-order valence-electron chi connectivity index (χ3n) is 4.55. The summed E-state index contributed by atoms with van der Waals surface area (Å²) in [6.45, 7) is 0. The van der Waals surface area contributed by atoms with E-state index in [1.54, 1.807) is 26.4 Å². The highest BCUT2D eigenvalue weighted by molar-refractivity contribution is 5.51. The lowest BCUT2D eigenvalue weighted by molar-refractivity contribution is 0.414. The van der Waals surface area contributed by atoms with Gasteiger partial charge in [0.2, 0.25) is 0 Å². The van der Waals surface area contributed by atoms with Gasteiger partial charge in [0.05, 0.1) is 14.2 Å². The Morgan fingerprint density at radius 2 is 1.33 bits per heavy atom. The van der Waals surface area contributed by atoms with Gasteiger partial charge in [-0.3, -0.25) is 0 Å². The first-order valence-electron chi connectivity index (χ1n) is 8.88. The van der Waals surface area contributed by atoms with Gasteiger partial charge in [0, 0.05) is 5.92 Å². The van der Waals surface area contributed by atoms with E-state index in [9.17, 15) is 4.39 Å². The molecule has 0 fully saturated rings. The lowest BCUT2D eigenvalue weighted by atomic mass is 9.91. The van der Waals surface area contributed by atoms with Crippen LogP contribution < -0.4 is 9.47 Å². The zero-order valence-corrected chi connectivity index (χ0v) is 15.6. The summed E-state index contributed by atoms with van der Waals surface area (Å²) in [6.07, 6.45) is 5.06. The Labute approximate surface area is 159 Å². The first-order chi connectivity index (χ1) is 13.2. The molecule has 0 aromatic heterocycles. The van der Waals surface area contributed by atoms with Crippen LogP contribution in [0, 0.1) is 5.82 Å². The third kappa shape index (κ3) is 5.20. The predicted octanol–water partition coefficient (Wildman–Crippen LogP) is 5.88. The molecule has 0 saturated carbocycles. The second kappa shape index (κ2) is 9.04. The minimum Gasteiger partial charge on any atom is -0.497 e. The summed E-state index contributed by atoms with van der Waals surface area (Å²) >= 11 is 0. The van der Waals surface area contributed by atoms with Crippen molar-refractivity contribution in [3.63, 3.8) is 0 Å². The zero-order chi connectivity index (χ0) is 19.1. The van der Waals surface area contributed by atoms with E-state index in [-0.39, 0.29) is 11.7 Å². The lowest BCUT2D eigenvalue weighted by Crippen LogP contribution is -2.00. The molecule has 3 aromatic rings. The van der Waals surface area contributed by atoms with Crippen LogP contribution in [-0.2, 0) is 6.42 Å². The van der Waals surface area contributed by atoms with E-state index in [1.165, 1.54) is 23.3 Å². The van der Waals surface area contributed by atoms with Crippen molar-refractivity contribution in [1.29, 1.82) is 0 Å². The minimum absolute atomic E-state index is 0.189. The molecular weight excluding hydrogens is 339 g/mol. The average molecular weight is 362 g/mol. The van der Waals surface area contributed by atoms with Gasteiger partial charge in [-0.25, -0.2) is 4.39 Å². The minimum atomic E-state index is -0.225. The highest BCUT2D eigenvalue weighted by Crippen LogP contribution is 2.26. The Hall–Kier alpha value is -3.07. The van der Waals surface area contributed by atoms with Crippen LogP contribution in [0.25, 0.3) is 6.08 Å². The van der Waals surface area contributed by atoms with Crippen LogP contribution in [0.1, 0.15) is 22.6 Å². The quantitative estimate of drug-likeness (QED) is 0.522. The molecule has 138 valence electrons. The predicted molar refractivity (Wildman–Crippen MR) is 108 cm³/mol. The van der Waals surface area contributed by atoms with E-state index in [2.05, 4.69) is 30.3 Å². The van der Waals surface area contributed by atoms with Gasteiger partial charge in [-0.1, -0.05) is 48.6 Å². The van der Waals surface area contributed by atoms with E-state index >= 15 is 0 Å². The molecule has 0 saturated heterocycles.